The van der Waals surface area contributed by atoms with E-state index in [1.807, 2.05) is 13.0 Å². The van der Waals surface area contributed by atoms with Crippen LogP contribution >= 0.6 is 7.82 Å². The van der Waals surface area contributed by atoms with Crippen LogP contribution in [0.15, 0.2) is 35.9 Å². The zero-order chi connectivity index (χ0) is 32.2. The molecule has 3 atom stereocenters. The summed E-state index contributed by atoms with van der Waals surface area (Å²) in [5.74, 6) is -0.467. The molecule has 2 aliphatic rings. The maximum Gasteiger partial charge on any atom is 0.473 e. The van der Waals surface area contributed by atoms with E-state index in [-0.39, 0.29) is 42.8 Å². The van der Waals surface area contributed by atoms with Crippen molar-refractivity contribution in [3.63, 3.8) is 0 Å². The molecule has 0 aromatic heterocycles. The molecule has 0 bridgehead atoms. The summed E-state index contributed by atoms with van der Waals surface area (Å²) in [6.45, 7) is 12.6. The molecule has 44 heavy (non-hydrogen) atoms. The fourth-order valence-electron chi connectivity index (χ4n) is 6.74. The van der Waals surface area contributed by atoms with E-state index in [1.165, 1.54) is 31.3 Å². The number of ether oxygens (including phenoxy) is 1. The van der Waals surface area contributed by atoms with Crippen LogP contribution in [0.25, 0.3) is 0 Å². The number of esters is 1. The molecule has 1 fully saturated rings. The Balaban J connectivity index is 1.80. The number of allylic oxidation sites excluding steroid dienone is 3. The topological polar surface area (TPSA) is 102 Å². The van der Waals surface area contributed by atoms with Gasteiger partial charge in [0, 0.05) is 11.5 Å². The van der Waals surface area contributed by atoms with Gasteiger partial charge >= 0.3 is 13.8 Å². The third-order valence-electron chi connectivity index (χ3n) is 9.21. The molecule has 1 aromatic rings. The molecule has 8 heteroatoms. The Hall–Kier alpha value is -1.92. The van der Waals surface area contributed by atoms with Crippen LogP contribution in [0.3, 0.4) is 0 Å². The van der Waals surface area contributed by atoms with Gasteiger partial charge in [0.2, 0.25) is 0 Å². The number of aryl methyl sites for hydroxylation is 1. The highest BCUT2D eigenvalue weighted by atomic mass is 31.2. The van der Waals surface area contributed by atoms with Crippen molar-refractivity contribution in [2.24, 2.45) is 5.92 Å². The number of phosphoric ester groups is 1. The van der Waals surface area contributed by atoms with E-state index in [1.54, 1.807) is 6.07 Å². The molecule has 3 rings (SSSR count). The number of rotatable bonds is 18. The number of phenols is 1. The van der Waals surface area contributed by atoms with Crippen molar-refractivity contribution in [3.8, 4) is 11.5 Å². The molecule has 1 aromatic carbocycles. The Kier molecular flexibility index (Phi) is 14.7. The van der Waals surface area contributed by atoms with Crippen LogP contribution in [0.2, 0.25) is 0 Å². The Morgan fingerprint density at radius 3 is 2.32 bits per heavy atom. The highest BCUT2D eigenvalue weighted by Crippen LogP contribution is 2.52. The van der Waals surface area contributed by atoms with Gasteiger partial charge < -0.3 is 14.7 Å². The molecule has 0 heterocycles. The summed E-state index contributed by atoms with van der Waals surface area (Å²) in [5.41, 5.74) is 2.04. The first-order valence-corrected chi connectivity index (χ1v) is 18.6. The van der Waals surface area contributed by atoms with Gasteiger partial charge in [-0.3, -0.25) is 9.05 Å². The van der Waals surface area contributed by atoms with Crippen molar-refractivity contribution in [2.75, 3.05) is 6.61 Å². The van der Waals surface area contributed by atoms with E-state index in [0.717, 1.165) is 56.1 Å². The zero-order valence-corrected chi connectivity index (χ0v) is 28.6. The summed E-state index contributed by atoms with van der Waals surface area (Å²) in [6.07, 6.45) is 17.1. The number of carbonyl (C=O) groups is 1. The van der Waals surface area contributed by atoms with E-state index < -0.39 is 19.4 Å². The fourth-order valence-corrected chi connectivity index (χ4v) is 7.85. The van der Waals surface area contributed by atoms with Crippen LogP contribution in [0.4, 0.5) is 0 Å². The average Bonchev–Trinajstić information content (AvgIpc) is 2.96. The fraction of sp³-hybridized carbons (Fsp3) is 0.694. The lowest BCUT2D eigenvalue weighted by molar-refractivity contribution is -0.157. The average molecular weight is 633 g/mol. The van der Waals surface area contributed by atoms with Crippen LogP contribution in [-0.4, -0.2) is 28.2 Å². The summed E-state index contributed by atoms with van der Waals surface area (Å²) >= 11 is 0. The smallest absolute Gasteiger partial charge is 0.473 e. The van der Waals surface area contributed by atoms with Gasteiger partial charge in [-0.05, 0) is 88.8 Å². The second kappa shape index (κ2) is 17.7. The minimum absolute atomic E-state index is 0.0843. The number of hydrogen-bond acceptors (Lipinski definition) is 6. The quantitative estimate of drug-likeness (QED) is 0.0546. The summed E-state index contributed by atoms with van der Waals surface area (Å²) in [4.78, 5) is 24.8. The summed E-state index contributed by atoms with van der Waals surface area (Å²) in [6, 6.07) is 3.59. The van der Waals surface area contributed by atoms with Crippen molar-refractivity contribution >= 4 is 13.8 Å². The predicted molar refractivity (Wildman–Crippen MR) is 177 cm³/mol. The maximum absolute atomic E-state index is 14.0. The second-order valence-corrected chi connectivity index (χ2v) is 14.5. The van der Waals surface area contributed by atoms with Crippen LogP contribution in [0.5, 0.6) is 11.5 Å². The van der Waals surface area contributed by atoms with Gasteiger partial charge in [-0.1, -0.05) is 95.4 Å². The second-order valence-electron chi connectivity index (χ2n) is 13.1. The number of aromatic hydroxyl groups is 1. The normalized spacial score (nSPS) is 21.3. The molecule has 2 N–H and O–H groups in total. The Bertz CT molecular complexity index is 1170. The minimum atomic E-state index is -4.53. The predicted octanol–water partition coefficient (Wildman–Crippen LogP) is 10.2. The number of phosphoric acid groups is 1. The first-order chi connectivity index (χ1) is 21.0. The number of phenolic OH excluding ortho intramolecular Hbond substituents is 1. The van der Waals surface area contributed by atoms with Gasteiger partial charge in [-0.15, -0.1) is 0 Å². The lowest BCUT2D eigenvalue weighted by Crippen LogP contribution is -2.45. The number of unbranched alkanes of at least 4 members (excludes halogenated alkanes) is 7. The molecular weight excluding hydrogens is 575 g/mol. The first-order valence-electron chi connectivity index (χ1n) is 17.1. The summed E-state index contributed by atoms with van der Waals surface area (Å²) in [7, 11) is -4.53. The Morgan fingerprint density at radius 2 is 1.68 bits per heavy atom. The van der Waals surface area contributed by atoms with Crippen molar-refractivity contribution in [2.45, 2.75) is 148 Å². The van der Waals surface area contributed by atoms with E-state index in [2.05, 4.69) is 33.4 Å². The van der Waals surface area contributed by atoms with E-state index in [9.17, 15) is 19.4 Å². The van der Waals surface area contributed by atoms with E-state index in [4.69, 9.17) is 13.8 Å². The standard InChI is InChI=1S/C36H57O7P/c1-6-8-9-10-11-12-13-17-23-41-44(39,40)43-36(21-15-14-16-22-36)35(38)42-33-26-29(18-7-2)25-32(37)34(33)31-24-28(5)19-20-30(31)27(3)4/h24-26,30-31,37H,3,6-23H2,1-2,4-5H3,(H,39,40)/t30-,31+/m0/s1. The number of benzene rings is 1. The monoisotopic (exact) mass is 632 g/mol. The van der Waals surface area contributed by atoms with E-state index >= 15 is 0 Å². The lowest BCUT2D eigenvalue weighted by Gasteiger charge is -2.36. The lowest BCUT2D eigenvalue weighted by atomic mass is 9.73. The van der Waals surface area contributed by atoms with Gasteiger partial charge in [0.05, 0.1) is 6.61 Å². The molecule has 7 nitrogen and oxygen atoms in total. The molecule has 0 spiro atoms. The molecule has 0 saturated heterocycles. The Morgan fingerprint density at radius 1 is 1.02 bits per heavy atom. The molecule has 248 valence electrons. The van der Waals surface area contributed by atoms with Crippen molar-refractivity contribution in [3.05, 3.63) is 47.1 Å². The highest BCUT2D eigenvalue weighted by molar-refractivity contribution is 7.47. The van der Waals surface area contributed by atoms with Crippen molar-refractivity contribution in [1.29, 1.82) is 0 Å². The summed E-state index contributed by atoms with van der Waals surface area (Å²) < 4.78 is 30.4. The van der Waals surface area contributed by atoms with Gasteiger partial charge in [0.1, 0.15) is 11.5 Å². The maximum atomic E-state index is 14.0. The zero-order valence-electron chi connectivity index (χ0n) is 27.7. The van der Waals surface area contributed by atoms with Crippen LogP contribution in [0.1, 0.15) is 147 Å². The number of hydrogen-bond donors (Lipinski definition) is 2. The van der Waals surface area contributed by atoms with E-state index in [0.29, 0.717) is 31.2 Å². The molecule has 0 radical (unpaired) electrons. The first kappa shape index (κ1) is 36.5. The highest BCUT2D eigenvalue weighted by Gasteiger charge is 2.48. The van der Waals surface area contributed by atoms with Crippen LogP contribution in [-0.2, 0) is 24.8 Å². The molecule has 0 amide bonds. The van der Waals surface area contributed by atoms with Crippen molar-refractivity contribution in [1.82, 2.24) is 0 Å². The molecule has 1 unspecified atom stereocenters. The Labute approximate surface area is 266 Å². The summed E-state index contributed by atoms with van der Waals surface area (Å²) in [5, 5.41) is 11.3. The van der Waals surface area contributed by atoms with Gasteiger partial charge in [-0.2, -0.15) is 0 Å². The van der Waals surface area contributed by atoms with Gasteiger partial charge in [0.15, 0.2) is 5.60 Å². The molecule has 0 aliphatic heterocycles. The third-order valence-corrected chi connectivity index (χ3v) is 10.3. The third kappa shape index (κ3) is 10.6. The minimum Gasteiger partial charge on any atom is -0.507 e. The number of carbonyl (C=O) groups excluding carboxylic acids is 1. The van der Waals surface area contributed by atoms with Gasteiger partial charge in [-0.25, -0.2) is 9.36 Å². The van der Waals surface area contributed by atoms with Crippen LogP contribution in [0, 0.1) is 5.92 Å². The molecular formula is C36H57O7P. The van der Waals surface area contributed by atoms with Gasteiger partial charge in [0.25, 0.3) is 0 Å². The molecule has 1 saturated carbocycles. The SMILES string of the molecule is C=C(C)[C@@H]1CCC(C)=C[C@H]1c1c(O)cc(CCC)cc1OC(=O)C1(OP(=O)(O)OCCCCCCCCCC)CCCCC1. The largest absolute Gasteiger partial charge is 0.507 e. The van der Waals surface area contributed by atoms with Crippen LogP contribution < -0.4 is 4.74 Å². The van der Waals surface area contributed by atoms with Crippen molar-refractivity contribution < 1.29 is 33.1 Å². The molecule has 2 aliphatic carbocycles.